The lowest BCUT2D eigenvalue weighted by Crippen LogP contribution is -2.14. The van der Waals surface area contributed by atoms with Gasteiger partial charge in [-0.25, -0.2) is 4.79 Å². The molecule has 0 aliphatic carbocycles. The van der Waals surface area contributed by atoms with E-state index in [4.69, 9.17) is 9.47 Å². The van der Waals surface area contributed by atoms with Gasteiger partial charge in [-0.2, -0.15) is 0 Å². The van der Waals surface area contributed by atoms with Crippen molar-refractivity contribution in [3.05, 3.63) is 90.4 Å². The molecule has 0 atom stereocenters. The van der Waals surface area contributed by atoms with Crippen molar-refractivity contribution >= 4 is 16.9 Å². The number of nitrogens with zero attached hydrogens (tertiary/aromatic N) is 3. The van der Waals surface area contributed by atoms with E-state index in [1.165, 1.54) is 0 Å². The van der Waals surface area contributed by atoms with Gasteiger partial charge in [0.15, 0.2) is 0 Å². The molecule has 2 heterocycles. The van der Waals surface area contributed by atoms with Gasteiger partial charge in [0.05, 0.1) is 23.4 Å². The molecule has 0 spiro atoms. The first kappa shape index (κ1) is 25.0. The summed E-state index contributed by atoms with van der Waals surface area (Å²) in [4.78, 5) is 19.6. The number of hydrogen-bond acceptors (Lipinski definition) is 6. The van der Waals surface area contributed by atoms with E-state index in [0.717, 1.165) is 11.1 Å². The third-order valence-electron chi connectivity index (χ3n) is 5.89. The molecule has 186 valence electrons. The predicted molar refractivity (Wildman–Crippen MR) is 141 cm³/mol. The van der Waals surface area contributed by atoms with Crippen LogP contribution in [0.4, 0.5) is 0 Å². The molecule has 0 unspecified atom stereocenters. The Balaban J connectivity index is 2.04. The van der Waals surface area contributed by atoms with Crippen LogP contribution in [0.3, 0.4) is 0 Å². The largest absolute Gasteiger partial charge is 0.507 e. The fourth-order valence-corrected chi connectivity index (χ4v) is 4.42. The Labute approximate surface area is 211 Å². The topological polar surface area (TPSA) is 76.8 Å². The van der Waals surface area contributed by atoms with Gasteiger partial charge in [-0.15, -0.1) is 6.58 Å². The first-order valence-electron chi connectivity index (χ1n) is 11.9. The average Bonchev–Trinajstić information content (AvgIpc) is 3.18. The number of carbonyl (C=O) groups is 1. The van der Waals surface area contributed by atoms with E-state index in [9.17, 15) is 9.90 Å². The second kappa shape index (κ2) is 11.1. The van der Waals surface area contributed by atoms with Crippen LogP contribution in [0.1, 0.15) is 28.5 Å². The van der Waals surface area contributed by atoms with E-state index in [-0.39, 0.29) is 19.0 Å². The van der Waals surface area contributed by atoms with Crippen LogP contribution in [0.25, 0.3) is 22.0 Å². The summed E-state index contributed by atoms with van der Waals surface area (Å²) in [6.07, 6.45) is 5.19. The minimum absolute atomic E-state index is 0.112. The Morgan fingerprint density at radius 2 is 1.97 bits per heavy atom. The van der Waals surface area contributed by atoms with E-state index in [0.29, 0.717) is 46.6 Å². The molecule has 0 radical (unpaired) electrons. The highest BCUT2D eigenvalue weighted by Crippen LogP contribution is 2.42. The summed E-state index contributed by atoms with van der Waals surface area (Å²) in [6.45, 7) is 6.95. The first-order chi connectivity index (χ1) is 17.5. The van der Waals surface area contributed by atoms with Crippen LogP contribution in [0.15, 0.2) is 73.6 Å². The zero-order chi connectivity index (χ0) is 25.7. The Morgan fingerprint density at radius 1 is 1.19 bits per heavy atom. The number of aromatic hydroxyl groups is 1. The SMILES string of the molecule is C=CCn1c(COc2ccccc2)c(C(=O)OCC)c2c(CN(C)C)c(O)c(-c3cccnc3)cc21. The van der Waals surface area contributed by atoms with E-state index in [2.05, 4.69) is 11.6 Å². The highest BCUT2D eigenvalue weighted by Gasteiger charge is 2.29. The van der Waals surface area contributed by atoms with Crippen LogP contribution >= 0.6 is 0 Å². The molecule has 2 aromatic heterocycles. The molecule has 0 saturated heterocycles. The number of phenols is 1. The number of ether oxygens (including phenoxy) is 2. The van der Waals surface area contributed by atoms with Crippen LogP contribution in [-0.2, 0) is 24.4 Å². The van der Waals surface area contributed by atoms with Gasteiger partial charge in [0.1, 0.15) is 18.1 Å². The molecule has 0 aliphatic heterocycles. The fraction of sp³-hybridized carbons (Fsp3) is 0.241. The molecule has 36 heavy (non-hydrogen) atoms. The van der Waals surface area contributed by atoms with Crippen LogP contribution in [0.5, 0.6) is 11.5 Å². The summed E-state index contributed by atoms with van der Waals surface area (Å²) in [5, 5.41) is 12.1. The quantitative estimate of drug-likeness (QED) is 0.239. The summed E-state index contributed by atoms with van der Waals surface area (Å²) < 4.78 is 13.6. The number of rotatable bonds is 10. The maximum atomic E-state index is 13.4. The molecule has 7 heteroatoms. The molecule has 4 rings (SSSR count). The molecular weight excluding hydrogens is 454 g/mol. The van der Waals surface area contributed by atoms with Crippen molar-refractivity contribution in [2.45, 2.75) is 26.6 Å². The smallest absolute Gasteiger partial charge is 0.340 e. The van der Waals surface area contributed by atoms with Gasteiger partial charge in [0.25, 0.3) is 0 Å². The van der Waals surface area contributed by atoms with E-state index in [1.807, 2.05) is 72.1 Å². The van der Waals surface area contributed by atoms with Crippen molar-refractivity contribution < 1.29 is 19.4 Å². The normalized spacial score (nSPS) is 11.1. The van der Waals surface area contributed by atoms with Gasteiger partial charge in [-0.05, 0) is 45.3 Å². The third kappa shape index (κ3) is 4.97. The number of phenolic OH excluding ortho intramolecular Hbond substituents is 1. The first-order valence-corrected chi connectivity index (χ1v) is 11.9. The zero-order valence-corrected chi connectivity index (χ0v) is 20.9. The molecule has 4 aromatic rings. The van der Waals surface area contributed by atoms with Gasteiger partial charge in [0.2, 0.25) is 0 Å². The Kier molecular flexibility index (Phi) is 7.71. The molecule has 1 N–H and O–H groups in total. The maximum absolute atomic E-state index is 13.4. The van der Waals surface area contributed by atoms with E-state index >= 15 is 0 Å². The number of pyridine rings is 1. The summed E-state index contributed by atoms with van der Waals surface area (Å²) in [7, 11) is 3.85. The van der Waals surface area contributed by atoms with Gasteiger partial charge in [0, 0.05) is 47.6 Å². The van der Waals surface area contributed by atoms with Gasteiger partial charge in [-0.1, -0.05) is 30.3 Å². The number of aromatic nitrogens is 2. The number of esters is 1. The summed E-state index contributed by atoms with van der Waals surface area (Å²) in [5.74, 6) is 0.349. The zero-order valence-electron chi connectivity index (χ0n) is 20.9. The standard InChI is InChI=1S/C29H31N3O4/c1-5-15-32-24-16-22(20-11-10-14-30-17-20)28(33)23(18-31(3)4)26(24)27(29(34)35-6-2)25(32)19-36-21-12-8-7-9-13-21/h5,7-14,16-17,33H,1,6,15,18-19H2,2-4H3. The minimum Gasteiger partial charge on any atom is -0.507 e. The van der Waals surface area contributed by atoms with Crippen molar-refractivity contribution in [3.8, 4) is 22.6 Å². The average molecular weight is 486 g/mol. The maximum Gasteiger partial charge on any atom is 0.340 e. The van der Waals surface area contributed by atoms with Crippen LogP contribution < -0.4 is 4.74 Å². The third-order valence-corrected chi connectivity index (χ3v) is 5.89. The Hall–Kier alpha value is -4.10. The monoisotopic (exact) mass is 485 g/mol. The van der Waals surface area contributed by atoms with Crippen LogP contribution in [0.2, 0.25) is 0 Å². The number of benzene rings is 2. The van der Waals surface area contributed by atoms with Crippen LogP contribution in [-0.4, -0.2) is 46.2 Å². The Bertz CT molecular complexity index is 1360. The molecule has 0 fully saturated rings. The predicted octanol–water partition coefficient (Wildman–Crippen LogP) is 5.41. The van der Waals surface area contributed by atoms with Crippen molar-refractivity contribution in [2.75, 3.05) is 20.7 Å². The number of allylic oxidation sites excluding steroid dienone is 1. The second-order valence-electron chi connectivity index (χ2n) is 8.67. The number of carbonyl (C=O) groups excluding carboxylic acids is 1. The molecule has 7 nitrogen and oxygen atoms in total. The van der Waals surface area contributed by atoms with Gasteiger partial charge >= 0.3 is 5.97 Å². The van der Waals surface area contributed by atoms with E-state index in [1.54, 1.807) is 25.4 Å². The molecule has 0 aliphatic rings. The van der Waals surface area contributed by atoms with Crippen molar-refractivity contribution in [3.63, 3.8) is 0 Å². The van der Waals surface area contributed by atoms with Gasteiger partial charge in [-0.3, -0.25) is 4.98 Å². The van der Waals surface area contributed by atoms with E-state index < -0.39 is 5.97 Å². The minimum atomic E-state index is -0.453. The number of para-hydroxylation sites is 1. The van der Waals surface area contributed by atoms with Crippen LogP contribution in [0, 0.1) is 0 Å². The summed E-state index contributed by atoms with van der Waals surface area (Å²) in [5.41, 5.74) is 3.91. The van der Waals surface area contributed by atoms with Gasteiger partial charge < -0.3 is 24.0 Å². The highest BCUT2D eigenvalue weighted by atomic mass is 16.5. The second-order valence-corrected chi connectivity index (χ2v) is 8.67. The summed E-state index contributed by atoms with van der Waals surface area (Å²) in [6, 6.07) is 15.1. The highest BCUT2D eigenvalue weighted by molar-refractivity contribution is 6.09. The van der Waals surface area contributed by atoms with Crippen molar-refractivity contribution in [1.29, 1.82) is 0 Å². The lowest BCUT2D eigenvalue weighted by atomic mass is 9.96. The van der Waals surface area contributed by atoms with Crippen molar-refractivity contribution in [1.82, 2.24) is 14.5 Å². The molecule has 0 bridgehead atoms. The summed E-state index contributed by atoms with van der Waals surface area (Å²) >= 11 is 0. The molecular formula is C29H31N3O4. The number of hydrogen-bond donors (Lipinski definition) is 1. The number of fused-ring (bicyclic) bond motifs is 1. The fourth-order valence-electron chi connectivity index (χ4n) is 4.42. The lowest BCUT2D eigenvalue weighted by molar-refractivity contribution is 0.0525. The lowest BCUT2D eigenvalue weighted by Gasteiger charge is -2.17. The molecule has 0 amide bonds. The van der Waals surface area contributed by atoms with Crippen molar-refractivity contribution in [2.24, 2.45) is 0 Å². The molecule has 0 saturated carbocycles. The molecule has 2 aromatic carbocycles. The Morgan fingerprint density at radius 3 is 2.61 bits per heavy atom.